The third kappa shape index (κ3) is 1.67. The zero-order valence-corrected chi connectivity index (χ0v) is 9.88. The number of halogens is 1. The monoisotopic (exact) mass is 237 g/mol. The fourth-order valence-corrected chi connectivity index (χ4v) is 2.17. The summed E-state index contributed by atoms with van der Waals surface area (Å²) in [4.78, 5) is 10.8. The maximum absolute atomic E-state index is 10.8. The highest BCUT2D eigenvalue weighted by atomic mass is 35.5. The summed E-state index contributed by atoms with van der Waals surface area (Å²) < 4.78 is 1.82. The van der Waals surface area contributed by atoms with Crippen LogP contribution < -0.4 is 0 Å². The fraction of sp³-hybridized carbons (Fsp3) is 0.250. The van der Waals surface area contributed by atoms with Crippen LogP contribution in [0.25, 0.3) is 10.9 Å². The van der Waals surface area contributed by atoms with Crippen molar-refractivity contribution in [1.29, 1.82) is 0 Å². The maximum Gasteiger partial charge on any atom is 0.307 e. The van der Waals surface area contributed by atoms with E-state index in [9.17, 15) is 4.79 Å². The topological polar surface area (TPSA) is 42.2 Å². The van der Waals surface area contributed by atoms with E-state index >= 15 is 0 Å². The molecule has 2 rings (SSSR count). The number of carbonyl (C=O) groups is 1. The van der Waals surface area contributed by atoms with E-state index < -0.39 is 5.97 Å². The lowest BCUT2D eigenvalue weighted by Gasteiger charge is -1.97. The Morgan fingerprint density at radius 2 is 2.19 bits per heavy atom. The van der Waals surface area contributed by atoms with Crippen molar-refractivity contribution in [3.05, 3.63) is 34.5 Å². The predicted molar refractivity (Wildman–Crippen MR) is 64.0 cm³/mol. The van der Waals surface area contributed by atoms with Crippen LogP contribution in [-0.4, -0.2) is 15.6 Å². The molecule has 0 aliphatic rings. The van der Waals surface area contributed by atoms with E-state index in [1.165, 1.54) is 0 Å². The Bertz CT molecular complexity index is 572. The molecule has 0 aliphatic carbocycles. The molecule has 0 unspecified atom stereocenters. The minimum atomic E-state index is -0.866. The summed E-state index contributed by atoms with van der Waals surface area (Å²) in [5, 5.41) is 10.3. The van der Waals surface area contributed by atoms with Crippen LogP contribution in [0.5, 0.6) is 0 Å². The summed E-state index contributed by atoms with van der Waals surface area (Å²) in [5.41, 5.74) is 2.79. The lowest BCUT2D eigenvalue weighted by molar-refractivity contribution is -0.136. The van der Waals surface area contributed by atoms with E-state index in [4.69, 9.17) is 16.7 Å². The van der Waals surface area contributed by atoms with Crippen LogP contribution in [0.4, 0.5) is 0 Å². The summed E-state index contributed by atoms with van der Waals surface area (Å²) in [6, 6.07) is 5.89. The van der Waals surface area contributed by atoms with Crippen molar-refractivity contribution in [1.82, 2.24) is 4.57 Å². The highest BCUT2D eigenvalue weighted by Gasteiger charge is 2.15. The first-order valence-electron chi connectivity index (χ1n) is 4.96. The van der Waals surface area contributed by atoms with Gasteiger partial charge >= 0.3 is 5.97 Å². The van der Waals surface area contributed by atoms with E-state index in [0.717, 1.165) is 16.5 Å². The van der Waals surface area contributed by atoms with Gasteiger partial charge in [0.1, 0.15) is 5.15 Å². The van der Waals surface area contributed by atoms with Gasteiger partial charge in [0, 0.05) is 23.5 Å². The van der Waals surface area contributed by atoms with Crippen molar-refractivity contribution in [3.63, 3.8) is 0 Å². The molecule has 1 aromatic carbocycles. The van der Waals surface area contributed by atoms with Crippen LogP contribution in [0.3, 0.4) is 0 Å². The first-order chi connectivity index (χ1) is 7.50. The number of nitrogens with zero attached hydrogens (tertiary/aromatic N) is 1. The molecule has 0 aliphatic heterocycles. The Balaban J connectivity index is 2.73. The predicted octanol–water partition coefficient (Wildman–Crippen LogP) is 2.77. The van der Waals surface area contributed by atoms with Gasteiger partial charge in [0.05, 0.1) is 6.42 Å². The van der Waals surface area contributed by atoms with Gasteiger partial charge < -0.3 is 9.67 Å². The van der Waals surface area contributed by atoms with Crippen LogP contribution in [-0.2, 0) is 18.3 Å². The normalized spacial score (nSPS) is 10.9. The highest BCUT2D eigenvalue weighted by Crippen LogP contribution is 2.30. The molecule has 0 bridgehead atoms. The molecule has 0 amide bonds. The molecule has 2 aromatic rings. The molecule has 1 heterocycles. The Labute approximate surface area is 98.3 Å². The number of hydrogen-bond acceptors (Lipinski definition) is 1. The first-order valence-corrected chi connectivity index (χ1v) is 5.33. The second-order valence-electron chi connectivity index (χ2n) is 3.92. The molecule has 1 aromatic heterocycles. The number of aromatic nitrogens is 1. The first kappa shape index (κ1) is 11.0. The molecule has 0 saturated carbocycles. The Morgan fingerprint density at radius 1 is 1.50 bits per heavy atom. The standard InChI is InChI=1S/C12H12ClNO2/c1-7-3-4-8-9(6-11(15)16)12(13)14(2)10(8)5-7/h3-5H,6H2,1-2H3,(H,15,16). The van der Waals surface area contributed by atoms with Crippen LogP contribution in [0.15, 0.2) is 18.2 Å². The van der Waals surface area contributed by atoms with Crippen molar-refractivity contribution in [2.24, 2.45) is 7.05 Å². The van der Waals surface area contributed by atoms with Gasteiger partial charge in [-0.05, 0) is 18.6 Å². The number of aryl methyl sites for hydroxylation is 2. The van der Waals surface area contributed by atoms with Gasteiger partial charge in [-0.25, -0.2) is 0 Å². The lowest BCUT2D eigenvalue weighted by Crippen LogP contribution is -2.00. The summed E-state index contributed by atoms with van der Waals surface area (Å²) >= 11 is 6.13. The van der Waals surface area contributed by atoms with Gasteiger partial charge in [-0.15, -0.1) is 0 Å². The molecule has 84 valence electrons. The Kier molecular flexibility index (Phi) is 2.64. The van der Waals surface area contributed by atoms with Gasteiger partial charge in [0.25, 0.3) is 0 Å². The van der Waals surface area contributed by atoms with Gasteiger partial charge in [-0.1, -0.05) is 23.7 Å². The largest absolute Gasteiger partial charge is 0.481 e. The maximum atomic E-state index is 10.8. The number of carboxylic acids is 1. The summed E-state index contributed by atoms with van der Waals surface area (Å²) in [5.74, 6) is -0.866. The summed E-state index contributed by atoms with van der Waals surface area (Å²) in [6.45, 7) is 2.00. The van der Waals surface area contributed by atoms with Crippen molar-refractivity contribution in [3.8, 4) is 0 Å². The van der Waals surface area contributed by atoms with Gasteiger partial charge in [-0.2, -0.15) is 0 Å². The van der Waals surface area contributed by atoms with E-state index in [1.54, 1.807) is 0 Å². The second-order valence-corrected chi connectivity index (χ2v) is 4.28. The molecule has 0 fully saturated rings. The highest BCUT2D eigenvalue weighted by molar-refractivity contribution is 6.32. The van der Waals surface area contributed by atoms with Gasteiger partial charge in [-0.3, -0.25) is 4.79 Å². The van der Waals surface area contributed by atoms with E-state index in [-0.39, 0.29) is 6.42 Å². The van der Waals surface area contributed by atoms with E-state index in [2.05, 4.69) is 0 Å². The van der Waals surface area contributed by atoms with Gasteiger partial charge in [0.2, 0.25) is 0 Å². The average Bonchev–Trinajstić information content (AvgIpc) is 2.43. The van der Waals surface area contributed by atoms with Crippen LogP contribution in [0.2, 0.25) is 5.15 Å². The van der Waals surface area contributed by atoms with Crippen LogP contribution >= 0.6 is 11.6 Å². The quantitative estimate of drug-likeness (QED) is 0.873. The minimum absolute atomic E-state index is 0.0424. The van der Waals surface area contributed by atoms with Crippen molar-refractivity contribution >= 4 is 28.5 Å². The minimum Gasteiger partial charge on any atom is -0.481 e. The molecular formula is C12H12ClNO2. The average molecular weight is 238 g/mol. The number of rotatable bonds is 2. The van der Waals surface area contributed by atoms with Crippen molar-refractivity contribution < 1.29 is 9.90 Å². The van der Waals surface area contributed by atoms with E-state index in [0.29, 0.717) is 10.7 Å². The van der Waals surface area contributed by atoms with Crippen molar-refractivity contribution in [2.75, 3.05) is 0 Å². The van der Waals surface area contributed by atoms with Crippen LogP contribution in [0.1, 0.15) is 11.1 Å². The number of aliphatic carboxylic acids is 1. The number of carboxylic acid groups (broad SMARTS) is 1. The molecule has 0 radical (unpaired) electrons. The smallest absolute Gasteiger partial charge is 0.307 e. The lowest BCUT2D eigenvalue weighted by atomic mass is 10.1. The molecular weight excluding hydrogens is 226 g/mol. The third-order valence-corrected chi connectivity index (χ3v) is 3.19. The van der Waals surface area contributed by atoms with Gasteiger partial charge in [0.15, 0.2) is 0 Å². The molecule has 0 spiro atoms. The number of hydrogen-bond donors (Lipinski definition) is 1. The molecule has 0 saturated heterocycles. The molecule has 16 heavy (non-hydrogen) atoms. The Morgan fingerprint density at radius 3 is 2.81 bits per heavy atom. The molecule has 1 N–H and O–H groups in total. The summed E-state index contributed by atoms with van der Waals surface area (Å²) in [7, 11) is 1.84. The zero-order valence-electron chi connectivity index (χ0n) is 9.12. The second kappa shape index (κ2) is 3.83. The molecule has 4 heteroatoms. The zero-order chi connectivity index (χ0) is 11.9. The van der Waals surface area contributed by atoms with E-state index in [1.807, 2.05) is 36.7 Å². The Hall–Kier alpha value is -1.48. The van der Waals surface area contributed by atoms with Crippen molar-refractivity contribution in [2.45, 2.75) is 13.3 Å². The fourth-order valence-electron chi connectivity index (χ4n) is 1.91. The number of fused-ring (bicyclic) bond motifs is 1. The number of benzene rings is 1. The third-order valence-electron chi connectivity index (χ3n) is 2.71. The molecule has 0 atom stereocenters. The molecule has 3 nitrogen and oxygen atoms in total. The SMILES string of the molecule is Cc1ccc2c(CC(=O)O)c(Cl)n(C)c2c1. The summed E-state index contributed by atoms with van der Waals surface area (Å²) in [6.07, 6.45) is -0.0424. The van der Waals surface area contributed by atoms with Crippen LogP contribution in [0, 0.1) is 6.92 Å².